The molecule has 9 aromatic rings. The molecule has 0 saturated carbocycles. The lowest BCUT2D eigenvalue weighted by atomic mass is 9.98. The lowest BCUT2D eigenvalue weighted by Crippen LogP contribution is -2.11. The van der Waals surface area contributed by atoms with Crippen LogP contribution in [0.15, 0.2) is 170 Å². The summed E-state index contributed by atoms with van der Waals surface area (Å²) in [6.07, 6.45) is 0. The Labute approximate surface area is 265 Å². The van der Waals surface area contributed by atoms with Crippen molar-refractivity contribution in [2.45, 2.75) is 0 Å². The number of thiophene rings is 1. The molecule has 0 bridgehead atoms. The van der Waals surface area contributed by atoms with Gasteiger partial charge in [-0.3, -0.25) is 0 Å². The molecule has 212 valence electrons. The van der Waals surface area contributed by atoms with Crippen molar-refractivity contribution in [1.82, 2.24) is 4.57 Å². The van der Waals surface area contributed by atoms with E-state index in [1.165, 1.54) is 53.1 Å². The molecule has 0 radical (unpaired) electrons. The maximum Gasteiger partial charge on any atom is 0.0640 e. The van der Waals surface area contributed by atoms with Crippen molar-refractivity contribution in [2.75, 3.05) is 4.90 Å². The molecule has 45 heavy (non-hydrogen) atoms. The predicted octanol–water partition coefficient (Wildman–Crippen LogP) is 12.3. The van der Waals surface area contributed by atoms with Gasteiger partial charge >= 0.3 is 0 Å². The van der Waals surface area contributed by atoms with Crippen LogP contribution in [0.2, 0.25) is 0 Å². The molecule has 2 aromatic heterocycles. The van der Waals surface area contributed by atoms with Crippen LogP contribution < -0.4 is 4.90 Å². The molecule has 0 saturated heterocycles. The summed E-state index contributed by atoms with van der Waals surface area (Å²) < 4.78 is 5.04. The van der Waals surface area contributed by atoms with Crippen LogP contribution in [-0.2, 0) is 0 Å². The Morgan fingerprint density at radius 1 is 0.444 bits per heavy atom. The van der Waals surface area contributed by atoms with Gasteiger partial charge in [-0.05, 0) is 60.2 Å². The summed E-state index contributed by atoms with van der Waals surface area (Å²) in [5.74, 6) is 0. The highest BCUT2D eigenvalue weighted by Gasteiger charge is 2.24. The summed E-state index contributed by atoms with van der Waals surface area (Å²) in [5.41, 5.74) is 9.34. The molecule has 2 heterocycles. The molecule has 3 heteroatoms. The van der Waals surface area contributed by atoms with Gasteiger partial charge in [0.1, 0.15) is 0 Å². The maximum atomic E-state index is 2.44. The highest BCUT2D eigenvalue weighted by molar-refractivity contribution is 7.25. The van der Waals surface area contributed by atoms with Crippen LogP contribution in [0.5, 0.6) is 0 Å². The SMILES string of the molecule is c1ccc(-c2c(N(c3ccccc3)c3ccc4c(c3)sc3ccccc34)ccc3c4ccccc4n(-c4ccccc4)c23)cc1. The van der Waals surface area contributed by atoms with Crippen LogP contribution in [0, 0.1) is 0 Å². The Hall–Kier alpha value is -5.64. The summed E-state index contributed by atoms with van der Waals surface area (Å²) in [6, 6.07) is 61.4. The molecule has 0 amide bonds. The molecule has 0 spiro atoms. The van der Waals surface area contributed by atoms with E-state index in [-0.39, 0.29) is 0 Å². The van der Waals surface area contributed by atoms with Crippen LogP contribution in [-0.4, -0.2) is 4.57 Å². The highest BCUT2D eigenvalue weighted by Crippen LogP contribution is 2.48. The van der Waals surface area contributed by atoms with Gasteiger partial charge in [0.15, 0.2) is 0 Å². The zero-order chi connectivity index (χ0) is 29.7. The van der Waals surface area contributed by atoms with Gasteiger partial charge in [0.05, 0.1) is 16.7 Å². The van der Waals surface area contributed by atoms with Crippen molar-refractivity contribution in [2.24, 2.45) is 0 Å². The Bertz CT molecular complexity index is 2470. The number of para-hydroxylation sites is 3. The van der Waals surface area contributed by atoms with E-state index >= 15 is 0 Å². The van der Waals surface area contributed by atoms with Gasteiger partial charge < -0.3 is 9.47 Å². The first-order valence-corrected chi connectivity index (χ1v) is 16.1. The number of anilines is 3. The lowest BCUT2D eigenvalue weighted by molar-refractivity contribution is 1.18. The third-order valence-electron chi connectivity index (χ3n) is 8.77. The third-order valence-corrected chi connectivity index (χ3v) is 9.90. The number of aromatic nitrogens is 1. The van der Waals surface area contributed by atoms with E-state index in [1.807, 2.05) is 11.3 Å². The summed E-state index contributed by atoms with van der Waals surface area (Å²) in [7, 11) is 0. The van der Waals surface area contributed by atoms with Crippen LogP contribution >= 0.6 is 11.3 Å². The first-order valence-electron chi connectivity index (χ1n) is 15.3. The molecule has 7 aromatic carbocycles. The molecular weight excluding hydrogens is 565 g/mol. The number of benzene rings is 7. The molecular formula is C42H28N2S. The summed E-state index contributed by atoms with van der Waals surface area (Å²) in [4.78, 5) is 2.43. The van der Waals surface area contributed by atoms with Gasteiger partial charge in [-0.15, -0.1) is 11.3 Å². The number of nitrogens with zero attached hydrogens (tertiary/aromatic N) is 2. The molecule has 0 unspecified atom stereocenters. The standard InChI is InChI=1S/C42H28N2S/c1-4-14-29(15-5-1)41-38(27-26-36-33-20-10-12-22-37(33)44(42(36)41)31-18-8-3-9-19-31)43(30-16-6-2-7-17-30)32-24-25-35-34-21-11-13-23-39(34)45-40(35)28-32/h1-28H. The highest BCUT2D eigenvalue weighted by atomic mass is 32.1. The molecule has 0 N–H and O–H groups in total. The minimum Gasteiger partial charge on any atom is -0.310 e. The van der Waals surface area contributed by atoms with E-state index in [9.17, 15) is 0 Å². The summed E-state index contributed by atoms with van der Waals surface area (Å²) >= 11 is 1.86. The first kappa shape index (κ1) is 25.8. The Morgan fingerprint density at radius 3 is 1.87 bits per heavy atom. The minimum atomic E-state index is 1.12. The van der Waals surface area contributed by atoms with E-state index in [0.717, 1.165) is 22.7 Å². The maximum absolute atomic E-state index is 2.44. The van der Waals surface area contributed by atoms with Crippen LogP contribution in [0.3, 0.4) is 0 Å². The molecule has 2 nitrogen and oxygen atoms in total. The smallest absolute Gasteiger partial charge is 0.0640 e. The number of fused-ring (bicyclic) bond motifs is 6. The third kappa shape index (κ3) is 4.16. The topological polar surface area (TPSA) is 8.17 Å². The Balaban J connectivity index is 1.41. The fraction of sp³-hybridized carbons (Fsp3) is 0. The Kier molecular flexibility index (Phi) is 6.03. The molecule has 0 fully saturated rings. The number of hydrogen-bond donors (Lipinski definition) is 0. The summed E-state index contributed by atoms with van der Waals surface area (Å²) in [6.45, 7) is 0. The zero-order valence-electron chi connectivity index (χ0n) is 24.5. The van der Waals surface area contributed by atoms with Gasteiger partial charge in [-0.2, -0.15) is 0 Å². The van der Waals surface area contributed by atoms with Crippen molar-refractivity contribution in [1.29, 1.82) is 0 Å². The van der Waals surface area contributed by atoms with E-state index < -0.39 is 0 Å². The largest absolute Gasteiger partial charge is 0.310 e. The fourth-order valence-corrected chi connectivity index (χ4v) is 7.97. The van der Waals surface area contributed by atoms with Crippen molar-refractivity contribution in [3.63, 3.8) is 0 Å². The van der Waals surface area contributed by atoms with Crippen LogP contribution in [0.25, 0.3) is 58.8 Å². The average Bonchev–Trinajstić information content (AvgIpc) is 3.65. The molecule has 0 atom stereocenters. The molecule has 0 aliphatic heterocycles. The van der Waals surface area contributed by atoms with Crippen LogP contribution in [0.4, 0.5) is 17.1 Å². The van der Waals surface area contributed by atoms with Crippen molar-refractivity contribution >= 4 is 70.4 Å². The second-order valence-corrected chi connectivity index (χ2v) is 12.4. The molecule has 9 rings (SSSR count). The summed E-state index contributed by atoms with van der Waals surface area (Å²) in [5, 5.41) is 5.10. The number of hydrogen-bond acceptors (Lipinski definition) is 2. The first-order chi connectivity index (χ1) is 22.3. The molecule has 0 aliphatic rings. The number of rotatable bonds is 5. The van der Waals surface area contributed by atoms with E-state index in [0.29, 0.717) is 0 Å². The van der Waals surface area contributed by atoms with Gasteiger partial charge in [0.25, 0.3) is 0 Å². The van der Waals surface area contributed by atoms with E-state index in [2.05, 4.69) is 179 Å². The van der Waals surface area contributed by atoms with Crippen molar-refractivity contribution < 1.29 is 0 Å². The second-order valence-electron chi connectivity index (χ2n) is 11.4. The van der Waals surface area contributed by atoms with E-state index in [1.54, 1.807) is 0 Å². The minimum absolute atomic E-state index is 1.12. The van der Waals surface area contributed by atoms with E-state index in [4.69, 9.17) is 0 Å². The van der Waals surface area contributed by atoms with Gasteiger partial charge in [-0.1, -0.05) is 115 Å². The van der Waals surface area contributed by atoms with Gasteiger partial charge in [0, 0.05) is 53.6 Å². The zero-order valence-corrected chi connectivity index (χ0v) is 25.3. The lowest BCUT2D eigenvalue weighted by Gasteiger charge is -2.29. The monoisotopic (exact) mass is 592 g/mol. The van der Waals surface area contributed by atoms with Gasteiger partial charge in [0.2, 0.25) is 0 Å². The normalized spacial score (nSPS) is 11.6. The fourth-order valence-electron chi connectivity index (χ4n) is 6.83. The van der Waals surface area contributed by atoms with Gasteiger partial charge in [-0.25, -0.2) is 0 Å². The predicted molar refractivity (Wildman–Crippen MR) is 194 cm³/mol. The van der Waals surface area contributed by atoms with Crippen molar-refractivity contribution in [3.8, 4) is 16.8 Å². The Morgan fingerprint density at radius 2 is 1.07 bits per heavy atom. The second kappa shape index (κ2) is 10.5. The average molecular weight is 593 g/mol. The molecule has 0 aliphatic carbocycles. The van der Waals surface area contributed by atoms with Crippen LogP contribution in [0.1, 0.15) is 0 Å². The quantitative estimate of drug-likeness (QED) is 0.193. The van der Waals surface area contributed by atoms with Crippen molar-refractivity contribution in [3.05, 3.63) is 170 Å².